The van der Waals surface area contributed by atoms with Gasteiger partial charge in [0, 0.05) is 16.6 Å². The van der Waals surface area contributed by atoms with Crippen LogP contribution in [0.25, 0.3) is 65.3 Å². The van der Waals surface area contributed by atoms with Crippen LogP contribution in [-0.4, -0.2) is 6.71 Å². The molecule has 0 fully saturated rings. The molecule has 2 nitrogen and oxygen atoms in total. The molecule has 0 atom stereocenters. The molecule has 0 saturated carbocycles. The molecule has 3 heteroatoms. The van der Waals surface area contributed by atoms with Gasteiger partial charge in [-0.05, 0) is 95.5 Å². The molecule has 0 spiro atoms. The molecule has 0 bridgehead atoms. The molecule has 9 aromatic carbocycles. The molecule has 9 aromatic rings. The Bertz CT molecular complexity index is 2660. The van der Waals surface area contributed by atoms with Gasteiger partial charge in [0.15, 0.2) is 0 Å². The Labute approximate surface area is 283 Å². The highest BCUT2D eigenvalue weighted by Gasteiger charge is 2.42. The van der Waals surface area contributed by atoms with E-state index in [0.29, 0.717) is 0 Å². The summed E-state index contributed by atoms with van der Waals surface area (Å²) in [6.07, 6.45) is 0. The number of ether oxygens (including phenoxy) is 2. The van der Waals surface area contributed by atoms with Crippen molar-refractivity contribution in [3.63, 3.8) is 0 Å². The maximum atomic E-state index is 7.05. The second kappa shape index (κ2) is 10.1. The van der Waals surface area contributed by atoms with E-state index in [1.165, 1.54) is 43.1 Å². The molecule has 226 valence electrons. The third-order valence-corrected chi connectivity index (χ3v) is 10.6. The van der Waals surface area contributed by atoms with Crippen molar-refractivity contribution in [2.24, 2.45) is 0 Å². The molecule has 0 aliphatic carbocycles. The van der Waals surface area contributed by atoms with E-state index in [1.807, 2.05) is 0 Å². The Hall–Kier alpha value is -6.32. The van der Waals surface area contributed by atoms with Gasteiger partial charge in [-0.3, -0.25) is 0 Å². The molecule has 11 rings (SSSR count). The lowest BCUT2D eigenvalue weighted by Crippen LogP contribution is -2.57. The largest absolute Gasteiger partial charge is 0.458 e. The van der Waals surface area contributed by atoms with E-state index < -0.39 is 0 Å². The standard InChI is InChI=1S/C46H27BO2/c1-3-15-30-28(13-1)25-36(34-19-7-5-17-32(30)34)38-27-39(37-26-29-14-2-4-16-31(29)33-18-6-8-20-35(33)37)46-44-45(38)48-42-23-11-9-21-40(42)47(44)41-22-10-12-24-43(41)49-46/h1-27H. The van der Waals surface area contributed by atoms with Crippen LogP contribution in [0.15, 0.2) is 164 Å². The number of rotatable bonds is 2. The summed E-state index contributed by atoms with van der Waals surface area (Å²) in [5.74, 6) is 3.50. The van der Waals surface area contributed by atoms with Crippen molar-refractivity contribution in [2.75, 3.05) is 0 Å². The molecule has 0 radical (unpaired) electrons. The number of para-hydroxylation sites is 2. The fourth-order valence-corrected chi connectivity index (χ4v) is 8.43. The van der Waals surface area contributed by atoms with E-state index in [1.54, 1.807) is 0 Å². The van der Waals surface area contributed by atoms with Gasteiger partial charge in [0.05, 0.1) is 0 Å². The first-order chi connectivity index (χ1) is 24.3. The van der Waals surface area contributed by atoms with Gasteiger partial charge in [-0.15, -0.1) is 0 Å². The highest BCUT2D eigenvalue weighted by molar-refractivity contribution is 6.98. The zero-order valence-corrected chi connectivity index (χ0v) is 26.5. The number of hydrogen-bond donors (Lipinski definition) is 0. The molecule has 0 aromatic heterocycles. The van der Waals surface area contributed by atoms with E-state index in [9.17, 15) is 0 Å². The summed E-state index contributed by atoms with van der Waals surface area (Å²) in [7, 11) is 0. The molecular formula is C46H27BO2. The highest BCUT2D eigenvalue weighted by atomic mass is 16.5. The van der Waals surface area contributed by atoms with Gasteiger partial charge in [-0.25, -0.2) is 0 Å². The molecule has 0 unspecified atom stereocenters. The molecule has 2 aliphatic heterocycles. The molecule has 49 heavy (non-hydrogen) atoms. The minimum atomic E-state index is -0.0444. The van der Waals surface area contributed by atoms with Crippen LogP contribution in [0.1, 0.15) is 0 Å². The maximum absolute atomic E-state index is 7.05. The minimum Gasteiger partial charge on any atom is -0.458 e. The first-order valence-electron chi connectivity index (χ1n) is 16.9. The number of fused-ring (bicyclic) bond motifs is 10. The van der Waals surface area contributed by atoms with Crippen LogP contribution >= 0.6 is 0 Å². The van der Waals surface area contributed by atoms with Crippen LogP contribution in [0.4, 0.5) is 0 Å². The molecule has 0 amide bonds. The normalized spacial score (nSPS) is 12.8. The molecule has 2 heterocycles. The lowest BCUT2D eigenvalue weighted by atomic mass is 9.34. The maximum Gasteiger partial charge on any atom is 0.260 e. The lowest BCUT2D eigenvalue weighted by Gasteiger charge is -2.35. The Kier molecular flexibility index (Phi) is 5.50. The van der Waals surface area contributed by atoms with E-state index in [2.05, 4.69) is 164 Å². The monoisotopic (exact) mass is 622 g/mol. The first-order valence-corrected chi connectivity index (χ1v) is 16.9. The summed E-state index contributed by atoms with van der Waals surface area (Å²) in [6, 6.07) is 58.9. The van der Waals surface area contributed by atoms with Gasteiger partial charge in [0.2, 0.25) is 0 Å². The fraction of sp³-hybridized carbons (Fsp3) is 0. The summed E-state index contributed by atoms with van der Waals surface area (Å²) < 4.78 is 14.1. The SMILES string of the molecule is c1ccc2c(c1)Oc1c(-c3cc4ccccc4c4ccccc34)cc(-c3cc4ccccc4c4ccccc34)c3c1B2c1ccccc1O3. The fourth-order valence-electron chi connectivity index (χ4n) is 8.43. The van der Waals surface area contributed by atoms with Crippen molar-refractivity contribution in [3.05, 3.63) is 164 Å². The quantitative estimate of drug-likeness (QED) is 0.141. The predicted octanol–water partition coefficient (Wildman–Crippen LogP) is 10.4. The van der Waals surface area contributed by atoms with Crippen LogP contribution in [0.3, 0.4) is 0 Å². The van der Waals surface area contributed by atoms with Gasteiger partial charge in [0.25, 0.3) is 6.71 Å². The van der Waals surface area contributed by atoms with Gasteiger partial charge in [0.1, 0.15) is 23.0 Å². The second-order valence-corrected chi connectivity index (χ2v) is 13.1. The Morgan fingerprint density at radius 1 is 0.327 bits per heavy atom. The van der Waals surface area contributed by atoms with E-state index in [-0.39, 0.29) is 6.71 Å². The molecule has 0 saturated heterocycles. The second-order valence-electron chi connectivity index (χ2n) is 13.1. The number of hydrogen-bond acceptors (Lipinski definition) is 2. The van der Waals surface area contributed by atoms with Gasteiger partial charge in [-0.1, -0.05) is 133 Å². The topological polar surface area (TPSA) is 18.5 Å². The van der Waals surface area contributed by atoms with Crippen LogP contribution in [0.5, 0.6) is 23.0 Å². The summed E-state index contributed by atoms with van der Waals surface area (Å²) in [5.41, 5.74) is 7.82. The van der Waals surface area contributed by atoms with E-state index in [0.717, 1.165) is 61.6 Å². The van der Waals surface area contributed by atoms with E-state index >= 15 is 0 Å². The first kappa shape index (κ1) is 26.7. The van der Waals surface area contributed by atoms with Gasteiger partial charge >= 0.3 is 0 Å². The number of benzene rings is 9. The zero-order chi connectivity index (χ0) is 32.1. The summed E-state index contributed by atoms with van der Waals surface area (Å²) >= 11 is 0. The van der Waals surface area contributed by atoms with Crippen LogP contribution in [0.2, 0.25) is 0 Å². The average molecular weight is 623 g/mol. The summed E-state index contributed by atoms with van der Waals surface area (Å²) in [6.45, 7) is -0.0444. The predicted molar refractivity (Wildman–Crippen MR) is 205 cm³/mol. The smallest absolute Gasteiger partial charge is 0.260 e. The third-order valence-electron chi connectivity index (χ3n) is 10.6. The van der Waals surface area contributed by atoms with Crippen molar-refractivity contribution in [1.29, 1.82) is 0 Å². The summed E-state index contributed by atoms with van der Waals surface area (Å²) in [4.78, 5) is 0. The van der Waals surface area contributed by atoms with Crippen LogP contribution in [-0.2, 0) is 0 Å². The van der Waals surface area contributed by atoms with Crippen LogP contribution < -0.4 is 25.9 Å². The minimum absolute atomic E-state index is 0.0444. The van der Waals surface area contributed by atoms with Crippen LogP contribution in [0, 0.1) is 0 Å². The lowest BCUT2D eigenvalue weighted by molar-refractivity contribution is 0.467. The van der Waals surface area contributed by atoms with Gasteiger partial charge in [-0.2, -0.15) is 0 Å². The Morgan fingerprint density at radius 2 is 0.714 bits per heavy atom. The zero-order valence-electron chi connectivity index (χ0n) is 26.5. The highest BCUT2D eigenvalue weighted by Crippen LogP contribution is 2.49. The Morgan fingerprint density at radius 3 is 1.20 bits per heavy atom. The van der Waals surface area contributed by atoms with E-state index in [4.69, 9.17) is 9.47 Å². The van der Waals surface area contributed by atoms with Crippen molar-refractivity contribution in [2.45, 2.75) is 0 Å². The Balaban J connectivity index is 1.33. The molecule has 2 aliphatic rings. The van der Waals surface area contributed by atoms with Crippen molar-refractivity contribution >= 4 is 66.2 Å². The molecule has 0 N–H and O–H groups in total. The third kappa shape index (κ3) is 3.79. The summed E-state index contributed by atoms with van der Waals surface area (Å²) in [5, 5.41) is 9.75. The van der Waals surface area contributed by atoms with Gasteiger partial charge < -0.3 is 9.47 Å². The average Bonchev–Trinajstić information content (AvgIpc) is 3.17. The van der Waals surface area contributed by atoms with Crippen molar-refractivity contribution < 1.29 is 9.47 Å². The van der Waals surface area contributed by atoms with Crippen molar-refractivity contribution in [1.82, 2.24) is 0 Å². The van der Waals surface area contributed by atoms with Crippen molar-refractivity contribution in [3.8, 4) is 45.3 Å². The molecular weight excluding hydrogens is 595 g/mol.